The molecule has 8 aromatic carbocycles. The number of hydrogen-bond donors (Lipinski definition) is 0. The second-order valence-corrected chi connectivity index (χ2v) is 29.2. The quantitative estimate of drug-likeness (QED) is 0.142. The van der Waals surface area contributed by atoms with E-state index in [4.69, 9.17) is 0 Å². The van der Waals surface area contributed by atoms with Crippen molar-refractivity contribution in [1.82, 2.24) is 0 Å². The minimum atomic E-state index is -4.14. The maximum atomic E-state index is 2.82. The first-order valence-electron chi connectivity index (χ1n) is 23.3. The van der Waals surface area contributed by atoms with Crippen LogP contribution in [0.15, 0.2) is 216 Å². The van der Waals surface area contributed by atoms with Gasteiger partial charge in [-0.1, -0.05) is 0 Å². The van der Waals surface area contributed by atoms with Crippen LogP contribution in [0.4, 0.5) is 0 Å². The number of allylic oxidation sites excluding steroid dienone is 4. The summed E-state index contributed by atoms with van der Waals surface area (Å²) in [5, 5.41) is 0. The van der Waals surface area contributed by atoms with Crippen LogP contribution in [0.2, 0.25) is 0 Å². The zero-order valence-corrected chi connectivity index (χ0v) is 41.1. The molecule has 0 nitrogen and oxygen atoms in total. The van der Waals surface area contributed by atoms with Gasteiger partial charge in [0.05, 0.1) is 0 Å². The SMILES string of the molecule is CC(C)(C)c1cc2c(cc1-c1ccccc1)[CH]([Zr](=[CH]c1ccc(-c3ccccc3)cc1)(=[CH]c1ccc(-c3ccccc3)cc1)[C]1=CC=CC1)c1cc(-c3ccccc3)c(C(C)(C)C)cc1-2. The van der Waals surface area contributed by atoms with Gasteiger partial charge in [-0.15, -0.1) is 0 Å². The van der Waals surface area contributed by atoms with Gasteiger partial charge in [-0.3, -0.25) is 0 Å². The topological polar surface area (TPSA) is 0 Å². The summed E-state index contributed by atoms with van der Waals surface area (Å²) in [7, 11) is 0. The molecule has 65 heavy (non-hydrogen) atoms. The summed E-state index contributed by atoms with van der Waals surface area (Å²) in [6, 6.07) is 73.2. The Morgan fingerprint density at radius 3 is 1.09 bits per heavy atom. The Kier molecular flexibility index (Phi) is 11.4. The number of fused-ring (bicyclic) bond motifs is 3. The first-order chi connectivity index (χ1) is 31.5. The van der Waals surface area contributed by atoms with E-state index < -0.39 is 19.3 Å². The summed E-state index contributed by atoms with van der Waals surface area (Å²) in [5.41, 5.74) is 21.1. The molecule has 0 fully saturated rings. The van der Waals surface area contributed by atoms with Crippen molar-refractivity contribution in [3.8, 4) is 55.6 Å². The summed E-state index contributed by atoms with van der Waals surface area (Å²) < 4.78 is 7.40. The Morgan fingerprint density at radius 1 is 0.400 bits per heavy atom. The average Bonchev–Trinajstić information content (AvgIpc) is 3.99. The molecule has 0 aliphatic heterocycles. The maximum absolute atomic E-state index is 4.14. The fraction of sp³-hybridized carbons (Fsp3) is 0.156. The van der Waals surface area contributed by atoms with Gasteiger partial charge in [-0.2, -0.15) is 0 Å². The van der Waals surface area contributed by atoms with Crippen LogP contribution < -0.4 is 0 Å². The monoisotopic (exact) mass is 916 g/mol. The molecule has 1 heteroatoms. The molecule has 8 aromatic rings. The van der Waals surface area contributed by atoms with Gasteiger partial charge in [-0.05, 0) is 0 Å². The fourth-order valence-electron chi connectivity index (χ4n) is 10.5. The Labute approximate surface area is 391 Å². The van der Waals surface area contributed by atoms with E-state index in [1.165, 1.54) is 89.0 Å². The Morgan fingerprint density at radius 2 is 0.754 bits per heavy atom. The number of benzene rings is 8. The molecule has 10 rings (SSSR count). The average molecular weight is 918 g/mol. The zero-order valence-electron chi connectivity index (χ0n) is 38.6. The van der Waals surface area contributed by atoms with Crippen LogP contribution in [0, 0.1) is 0 Å². The molecular formula is C64H58Zr. The van der Waals surface area contributed by atoms with Gasteiger partial charge >= 0.3 is 394 Å². The second-order valence-electron chi connectivity index (χ2n) is 20.2. The van der Waals surface area contributed by atoms with Gasteiger partial charge in [0.15, 0.2) is 0 Å². The molecule has 2 aliphatic carbocycles. The molecule has 0 heterocycles. The first-order valence-corrected chi connectivity index (χ1v) is 28.8. The molecule has 0 bridgehead atoms. The first kappa shape index (κ1) is 42.8. The van der Waals surface area contributed by atoms with E-state index in [2.05, 4.69) is 261 Å². The van der Waals surface area contributed by atoms with Gasteiger partial charge in [0.25, 0.3) is 0 Å². The molecule has 0 unspecified atom stereocenters. The van der Waals surface area contributed by atoms with Crippen molar-refractivity contribution in [2.24, 2.45) is 0 Å². The van der Waals surface area contributed by atoms with Crippen molar-refractivity contribution in [1.29, 1.82) is 0 Å². The summed E-state index contributed by atoms with van der Waals surface area (Å²) in [5.74, 6) is 0. The van der Waals surface area contributed by atoms with Gasteiger partial charge in [0, 0.05) is 0 Å². The van der Waals surface area contributed by atoms with Crippen LogP contribution in [0.3, 0.4) is 0 Å². The summed E-state index contributed by atoms with van der Waals surface area (Å²) in [4.78, 5) is 0. The van der Waals surface area contributed by atoms with Crippen molar-refractivity contribution >= 4 is 7.42 Å². The molecule has 0 amide bonds. The van der Waals surface area contributed by atoms with E-state index in [1.54, 1.807) is 3.28 Å². The number of rotatable bonds is 8. The predicted octanol–water partition coefficient (Wildman–Crippen LogP) is 16.7. The Hall–Kier alpha value is -6.14. The zero-order chi connectivity index (χ0) is 44.8. The van der Waals surface area contributed by atoms with Crippen molar-refractivity contribution in [2.75, 3.05) is 0 Å². The van der Waals surface area contributed by atoms with Crippen LogP contribution in [0.5, 0.6) is 0 Å². The van der Waals surface area contributed by atoms with E-state index in [9.17, 15) is 0 Å². The van der Waals surface area contributed by atoms with E-state index >= 15 is 0 Å². The third kappa shape index (κ3) is 8.37. The van der Waals surface area contributed by atoms with Crippen molar-refractivity contribution in [3.63, 3.8) is 0 Å². The second kappa shape index (κ2) is 17.3. The molecule has 0 aromatic heterocycles. The molecule has 0 spiro atoms. The summed E-state index contributed by atoms with van der Waals surface area (Å²) >= 11 is -4.14. The van der Waals surface area contributed by atoms with Crippen LogP contribution in [0.1, 0.15) is 85.0 Å². The van der Waals surface area contributed by atoms with Gasteiger partial charge in [-0.25, -0.2) is 0 Å². The molecule has 0 atom stereocenters. The summed E-state index contributed by atoms with van der Waals surface area (Å²) in [6.07, 6.45) is 8.19. The van der Waals surface area contributed by atoms with Crippen LogP contribution in [0.25, 0.3) is 55.6 Å². The van der Waals surface area contributed by atoms with Gasteiger partial charge in [0.1, 0.15) is 0 Å². The van der Waals surface area contributed by atoms with Gasteiger partial charge < -0.3 is 0 Å². The van der Waals surface area contributed by atoms with E-state index in [0.29, 0.717) is 0 Å². The molecular weight excluding hydrogens is 860 g/mol. The minimum absolute atomic E-state index is 0.0766. The van der Waals surface area contributed by atoms with Crippen LogP contribution >= 0.6 is 0 Å². The molecule has 0 N–H and O–H groups in total. The normalized spacial score (nSPS) is 13.4. The van der Waals surface area contributed by atoms with E-state index in [0.717, 1.165) is 6.42 Å². The summed E-state index contributed by atoms with van der Waals surface area (Å²) in [6.45, 7) is 14.3. The number of hydrogen-bond acceptors (Lipinski definition) is 0. The van der Waals surface area contributed by atoms with Crippen LogP contribution in [-0.4, -0.2) is 7.42 Å². The Balaban J connectivity index is 1.33. The Bertz CT molecular complexity index is 3000. The van der Waals surface area contributed by atoms with Crippen molar-refractivity contribution < 1.29 is 19.3 Å². The standard InChI is InChI=1S/C33H33.2C13H10.C5H5.Zr/c1-32(2,3)30-20-26-24(18-28(30)22-13-9-7-10-14-22)17-25-19-29(23-15-11-8-12-16-23)31(21-27(25)26)33(4,5)6;2*1-11-7-9-13(10-8-11)12-5-3-2-4-6-12;1-2-4-5-3-1;/h7-21H,1-6H3;2*1-10H;1-3H,4H2;. The van der Waals surface area contributed by atoms with E-state index in [-0.39, 0.29) is 14.5 Å². The molecule has 0 saturated heterocycles. The van der Waals surface area contributed by atoms with Crippen molar-refractivity contribution in [3.05, 3.63) is 249 Å². The third-order valence-corrected chi connectivity index (χ3v) is 25.2. The van der Waals surface area contributed by atoms with Crippen molar-refractivity contribution in [2.45, 2.75) is 62.4 Å². The van der Waals surface area contributed by atoms with Gasteiger partial charge in [0.2, 0.25) is 0 Å². The molecule has 0 radical (unpaired) electrons. The predicted molar refractivity (Wildman–Crippen MR) is 278 cm³/mol. The molecule has 318 valence electrons. The fourth-order valence-corrected chi connectivity index (χ4v) is 22.8. The van der Waals surface area contributed by atoms with Crippen LogP contribution in [-0.2, 0) is 30.1 Å². The molecule has 0 saturated carbocycles. The van der Waals surface area contributed by atoms with E-state index in [1.807, 2.05) is 0 Å². The molecule has 2 aliphatic rings. The third-order valence-electron chi connectivity index (χ3n) is 13.7.